The van der Waals surface area contributed by atoms with Crippen molar-refractivity contribution in [1.29, 1.82) is 5.26 Å². The number of para-hydroxylation sites is 1. The molecule has 1 atom stereocenters. The summed E-state index contributed by atoms with van der Waals surface area (Å²) in [5.41, 5.74) is 0.276. The number of hydrogen-bond donors (Lipinski definition) is 1. The second-order valence-electron chi connectivity index (χ2n) is 6.74. The minimum Gasteiger partial charge on any atom is -0.376 e. The molecule has 1 aliphatic rings. The van der Waals surface area contributed by atoms with Gasteiger partial charge in [-0.3, -0.25) is 14.2 Å². The molecule has 4 rings (SSSR count). The number of nitrogens with one attached hydrogen (secondary N) is 1. The molecule has 152 valence electrons. The Labute approximate surface area is 181 Å². The Kier molecular flexibility index (Phi) is 6.23. The summed E-state index contributed by atoms with van der Waals surface area (Å²) in [5, 5.41) is 14.5. The van der Waals surface area contributed by atoms with Crippen molar-refractivity contribution in [3.63, 3.8) is 0 Å². The van der Waals surface area contributed by atoms with Crippen molar-refractivity contribution >= 4 is 40.2 Å². The largest absolute Gasteiger partial charge is 0.376 e. The van der Waals surface area contributed by atoms with E-state index >= 15 is 0 Å². The molecule has 0 aliphatic carbocycles. The van der Waals surface area contributed by atoms with Crippen LogP contribution in [-0.2, 0) is 9.53 Å². The first-order valence-electron chi connectivity index (χ1n) is 9.54. The minimum atomic E-state index is -0.499. The molecule has 2 aromatic heterocycles. The van der Waals surface area contributed by atoms with Gasteiger partial charge in [-0.1, -0.05) is 24.3 Å². The Morgan fingerprint density at radius 2 is 2.13 bits per heavy atom. The van der Waals surface area contributed by atoms with Gasteiger partial charge in [0.25, 0.3) is 11.5 Å². The van der Waals surface area contributed by atoms with Crippen LogP contribution in [0.25, 0.3) is 17.3 Å². The highest BCUT2D eigenvalue weighted by atomic mass is 32.1. The highest BCUT2D eigenvalue weighted by Gasteiger charge is 2.20. The number of carbonyl (C=O) groups is 1. The second-order valence-corrected chi connectivity index (χ2v) is 8.75. The summed E-state index contributed by atoms with van der Waals surface area (Å²) in [7, 11) is 0. The van der Waals surface area contributed by atoms with E-state index in [1.54, 1.807) is 18.2 Å². The summed E-state index contributed by atoms with van der Waals surface area (Å²) in [6.45, 7) is 1.04. The van der Waals surface area contributed by atoms with Crippen LogP contribution in [-0.4, -0.2) is 29.7 Å². The smallest absolute Gasteiger partial charge is 0.273 e. The van der Waals surface area contributed by atoms with Crippen molar-refractivity contribution in [3.8, 4) is 11.8 Å². The van der Waals surface area contributed by atoms with Gasteiger partial charge in [0, 0.05) is 18.0 Å². The van der Waals surface area contributed by atoms with Crippen LogP contribution in [0.15, 0.2) is 52.6 Å². The maximum absolute atomic E-state index is 13.2. The molecule has 8 heteroatoms. The zero-order valence-corrected chi connectivity index (χ0v) is 17.7. The molecule has 0 saturated carbocycles. The molecular formula is C22H19N3O3S2. The average Bonchev–Trinajstić information content (AvgIpc) is 3.51. The number of rotatable bonds is 5. The quantitative estimate of drug-likeness (QED) is 0.659. The minimum absolute atomic E-state index is 0.0312. The van der Waals surface area contributed by atoms with Gasteiger partial charge in [0.05, 0.1) is 16.3 Å². The van der Waals surface area contributed by atoms with Gasteiger partial charge < -0.3 is 10.1 Å². The number of hydrogen-bond acceptors (Lipinski definition) is 6. The van der Waals surface area contributed by atoms with Crippen molar-refractivity contribution in [1.82, 2.24) is 9.88 Å². The predicted octanol–water partition coefficient (Wildman–Crippen LogP) is 1.76. The Morgan fingerprint density at radius 1 is 1.30 bits per heavy atom. The number of ether oxygens (including phenoxy) is 1. The van der Waals surface area contributed by atoms with Crippen LogP contribution in [0.4, 0.5) is 0 Å². The van der Waals surface area contributed by atoms with E-state index in [4.69, 9.17) is 4.74 Å². The van der Waals surface area contributed by atoms with Crippen LogP contribution in [0, 0.1) is 11.3 Å². The van der Waals surface area contributed by atoms with Gasteiger partial charge in [0.15, 0.2) is 5.57 Å². The first-order valence-corrected chi connectivity index (χ1v) is 11.2. The van der Waals surface area contributed by atoms with E-state index in [0.717, 1.165) is 29.1 Å². The fourth-order valence-electron chi connectivity index (χ4n) is 3.26. The van der Waals surface area contributed by atoms with Crippen LogP contribution in [0.1, 0.15) is 17.7 Å². The molecule has 30 heavy (non-hydrogen) atoms. The Balaban J connectivity index is 1.85. The Morgan fingerprint density at radius 3 is 2.80 bits per heavy atom. The first kappa shape index (κ1) is 20.3. The van der Waals surface area contributed by atoms with Gasteiger partial charge in [0.2, 0.25) is 0 Å². The average molecular weight is 438 g/mol. The molecule has 6 nitrogen and oxygen atoms in total. The van der Waals surface area contributed by atoms with Crippen LogP contribution >= 0.6 is 22.7 Å². The molecule has 3 aromatic rings. The van der Waals surface area contributed by atoms with Gasteiger partial charge in [-0.2, -0.15) is 5.26 Å². The van der Waals surface area contributed by atoms with Gasteiger partial charge in [-0.05, 0) is 42.5 Å². The van der Waals surface area contributed by atoms with Crippen molar-refractivity contribution in [3.05, 3.63) is 72.3 Å². The normalized spacial score (nSPS) is 17.6. The monoisotopic (exact) mass is 437 g/mol. The van der Waals surface area contributed by atoms with E-state index < -0.39 is 5.91 Å². The Hall–Kier alpha value is -2.99. The summed E-state index contributed by atoms with van der Waals surface area (Å²) < 4.78 is 7.76. The molecule has 0 radical (unpaired) electrons. The molecule has 1 amide bonds. The number of aromatic nitrogens is 1. The number of carbonyl (C=O) groups excluding carboxylic acids is 1. The van der Waals surface area contributed by atoms with E-state index in [1.807, 2.05) is 41.8 Å². The molecule has 1 saturated heterocycles. The zero-order chi connectivity index (χ0) is 20.9. The fourth-order valence-corrected chi connectivity index (χ4v) is 5.08. The summed E-state index contributed by atoms with van der Waals surface area (Å²) in [4.78, 5) is 26.9. The zero-order valence-electron chi connectivity index (χ0n) is 16.0. The van der Waals surface area contributed by atoms with E-state index in [0.29, 0.717) is 28.0 Å². The number of nitrogens with zero attached hydrogens (tertiary/aromatic N) is 2. The molecule has 3 heterocycles. The lowest BCUT2D eigenvalue weighted by molar-refractivity contribution is -0.116. The first-order chi connectivity index (χ1) is 14.7. The number of thiazole rings is 1. The fraction of sp³-hybridized carbons (Fsp3) is 0.227. The van der Waals surface area contributed by atoms with Crippen molar-refractivity contribution < 1.29 is 9.53 Å². The van der Waals surface area contributed by atoms with Crippen molar-refractivity contribution in [2.45, 2.75) is 18.9 Å². The maximum atomic E-state index is 13.2. The van der Waals surface area contributed by atoms with Gasteiger partial charge in [-0.15, -0.1) is 22.7 Å². The van der Waals surface area contributed by atoms with Gasteiger partial charge >= 0.3 is 0 Å². The van der Waals surface area contributed by atoms with Crippen LogP contribution in [0.3, 0.4) is 0 Å². The van der Waals surface area contributed by atoms with E-state index in [2.05, 4.69) is 5.32 Å². The van der Waals surface area contributed by atoms with Gasteiger partial charge in [0.1, 0.15) is 10.7 Å². The maximum Gasteiger partial charge on any atom is 0.273 e. The van der Waals surface area contributed by atoms with E-state index in [-0.39, 0.29) is 17.2 Å². The standard InChI is InChI=1S/C22H19N3O3S2/c23-13-18(20(26)24-14-16-8-4-10-28-16)22-25(15-6-2-1-3-7-15)21(27)19(30-22)12-17-9-5-11-29-17/h1-3,5-7,9,11-12,16H,4,8,10,14H2,(H,24,26). The summed E-state index contributed by atoms with van der Waals surface area (Å²) >= 11 is 2.67. The molecule has 1 aliphatic heterocycles. The third-order valence-electron chi connectivity index (χ3n) is 4.72. The summed E-state index contributed by atoms with van der Waals surface area (Å²) in [6.07, 6.45) is 3.61. The molecular weight excluding hydrogens is 418 g/mol. The van der Waals surface area contributed by atoms with Crippen molar-refractivity contribution in [2.75, 3.05) is 13.2 Å². The lowest BCUT2D eigenvalue weighted by Gasteiger charge is -2.10. The van der Waals surface area contributed by atoms with E-state index in [9.17, 15) is 14.9 Å². The number of amides is 1. The third-order valence-corrected chi connectivity index (χ3v) is 6.63. The second kappa shape index (κ2) is 9.22. The number of benzene rings is 1. The summed E-state index contributed by atoms with van der Waals surface area (Å²) in [5.74, 6) is -0.499. The third kappa shape index (κ3) is 4.28. The van der Waals surface area contributed by atoms with Crippen molar-refractivity contribution in [2.24, 2.45) is 0 Å². The molecule has 0 bridgehead atoms. The molecule has 1 fully saturated rings. The molecule has 1 unspecified atom stereocenters. The van der Waals surface area contributed by atoms with E-state index in [1.165, 1.54) is 15.9 Å². The molecule has 0 spiro atoms. The number of thiophene rings is 1. The lowest BCUT2D eigenvalue weighted by atomic mass is 10.2. The highest BCUT2D eigenvalue weighted by molar-refractivity contribution is 7.11. The summed E-state index contributed by atoms with van der Waals surface area (Å²) in [6, 6.07) is 14.9. The number of nitriles is 1. The highest BCUT2D eigenvalue weighted by Crippen LogP contribution is 2.11. The van der Waals surface area contributed by atoms with Crippen LogP contribution in [0.2, 0.25) is 0 Å². The topological polar surface area (TPSA) is 84.1 Å². The van der Waals surface area contributed by atoms with Crippen LogP contribution in [0.5, 0.6) is 0 Å². The lowest BCUT2D eigenvalue weighted by Crippen LogP contribution is -2.36. The van der Waals surface area contributed by atoms with Crippen LogP contribution < -0.4 is 20.1 Å². The van der Waals surface area contributed by atoms with Gasteiger partial charge in [-0.25, -0.2) is 0 Å². The molecule has 1 aromatic carbocycles. The molecule has 1 N–H and O–H groups in total. The SMILES string of the molecule is N#CC(C(=O)NCC1CCCO1)=c1sc(=Cc2cccs2)c(=O)n1-c1ccccc1. The Bertz CT molecular complexity index is 1250. The predicted molar refractivity (Wildman–Crippen MR) is 118 cm³/mol.